The quantitative estimate of drug-likeness (QED) is 0.272. The average Bonchev–Trinajstić information content (AvgIpc) is 3.38. The molecule has 2 aromatic carbocycles. The number of hydrogen-bond donors (Lipinski definition) is 3. The standard InChI is InChI=1S/C28H31N3O2S/c1-16-12-20-21(28(4,5)11-10-27(20,2)3)14-17(16)13-19-7-9-24(33-19)25(32)29-18-6-8-22-23(15-18)31-26(34)30-22/h6-9,12,14-15H,10-11,13H2,1-5H3,(H,29,32)(H2,30,31,34). The van der Waals surface area contributed by atoms with Gasteiger partial charge in [-0.1, -0.05) is 39.8 Å². The first-order valence-electron chi connectivity index (χ1n) is 11.8. The molecule has 2 aromatic heterocycles. The van der Waals surface area contributed by atoms with Gasteiger partial charge in [-0.05, 0) is 95.4 Å². The predicted octanol–water partition coefficient (Wildman–Crippen LogP) is 7.32. The van der Waals surface area contributed by atoms with Gasteiger partial charge in [0.05, 0.1) is 11.0 Å². The summed E-state index contributed by atoms with van der Waals surface area (Å²) >= 11 is 5.13. The normalized spacial score (nSPS) is 16.4. The van der Waals surface area contributed by atoms with Crippen molar-refractivity contribution in [2.24, 2.45) is 0 Å². The molecule has 0 spiro atoms. The van der Waals surface area contributed by atoms with Gasteiger partial charge in [0.15, 0.2) is 10.5 Å². The van der Waals surface area contributed by atoms with Crippen molar-refractivity contribution < 1.29 is 9.21 Å². The minimum atomic E-state index is -0.273. The molecule has 4 aromatic rings. The van der Waals surface area contributed by atoms with E-state index in [4.69, 9.17) is 16.6 Å². The van der Waals surface area contributed by atoms with Crippen molar-refractivity contribution in [3.05, 3.63) is 81.0 Å². The lowest BCUT2D eigenvalue weighted by Gasteiger charge is -2.42. The molecule has 2 heterocycles. The van der Waals surface area contributed by atoms with Crippen LogP contribution in [0.4, 0.5) is 5.69 Å². The van der Waals surface area contributed by atoms with E-state index in [0.29, 0.717) is 22.6 Å². The fourth-order valence-electron chi connectivity index (χ4n) is 5.04. The Morgan fingerprint density at radius 2 is 1.65 bits per heavy atom. The van der Waals surface area contributed by atoms with Gasteiger partial charge in [-0.15, -0.1) is 0 Å². The zero-order valence-corrected chi connectivity index (χ0v) is 21.2. The second kappa shape index (κ2) is 7.98. The summed E-state index contributed by atoms with van der Waals surface area (Å²) in [5, 5.41) is 2.91. The number of aryl methyl sites for hydroxylation is 1. The number of furan rings is 1. The molecule has 5 nitrogen and oxygen atoms in total. The van der Waals surface area contributed by atoms with E-state index in [9.17, 15) is 4.79 Å². The Morgan fingerprint density at radius 3 is 2.38 bits per heavy atom. The van der Waals surface area contributed by atoms with Crippen LogP contribution < -0.4 is 5.32 Å². The largest absolute Gasteiger partial charge is 0.456 e. The van der Waals surface area contributed by atoms with Crippen LogP contribution >= 0.6 is 12.2 Å². The number of benzene rings is 2. The Labute approximate surface area is 205 Å². The molecule has 1 aliphatic carbocycles. The van der Waals surface area contributed by atoms with Crippen LogP contribution in [0.2, 0.25) is 0 Å². The molecule has 0 radical (unpaired) electrons. The van der Waals surface area contributed by atoms with Gasteiger partial charge in [0, 0.05) is 12.1 Å². The van der Waals surface area contributed by atoms with Crippen LogP contribution in [0.1, 0.15) is 79.1 Å². The van der Waals surface area contributed by atoms with Crippen LogP contribution in [0.25, 0.3) is 11.0 Å². The average molecular weight is 474 g/mol. The number of anilines is 1. The third-order valence-electron chi connectivity index (χ3n) is 7.33. The van der Waals surface area contributed by atoms with E-state index in [1.54, 1.807) is 6.07 Å². The van der Waals surface area contributed by atoms with Crippen molar-refractivity contribution in [3.63, 3.8) is 0 Å². The summed E-state index contributed by atoms with van der Waals surface area (Å²) in [5.74, 6) is 0.810. The number of hydrogen-bond acceptors (Lipinski definition) is 3. The summed E-state index contributed by atoms with van der Waals surface area (Å²) < 4.78 is 6.52. The van der Waals surface area contributed by atoms with E-state index in [1.165, 1.54) is 35.1 Å². The molecule has 0 unspecified atom stereocenters. The number of imidazole rings is 1. The van der Waals surface area contributed by atoms with Gasteiger partial charge < -0.3 is 19.7 Å². The summed E-state index contributed by atoms with van der Waals surface area (Å²) in [6.07, 6.45) is 3.04. The van der Waals surface area contributed by atoms with Crippen molar-refractivity contribution in [2.45, 2.75) is 64.7 Å². The van der Waals surface area contributed by atoms with Crippen LogP contribution in [-0.2, 0) is 17.3 Å². The highest BCUT2D eigenvalue weighted by molar-refractivity contribution is 7.71. The van der Waals surface area contributed by atoms with Crippen LogP contribution in [-0.4, -0.2) is 15.9 Å². The molecule has 5 rings (SSSR count). The van der Waals surface area contributed by atoms with E-state index < -0.39 is 0 Å². The number of aromatic nitrogens is 2. The smallest absolute Gasteiger partial charge is 0.291 e. The third-order valence-corrected chi connectivity index (χ3v) is 7.54. The van der Waals surface area contributed by atoms with Crippen LogP contribution in [0.5, 0.6) is 0 Å². The first-order chi connectivity index (χ1) is 16.0. The molecule has 6 heteroatoms. The molecule has 1 amide bonds. The number of rotatable bonds is 4. The number of carbonyl (C=O) groups is 1. The van der Waals surface area contributed by atoms with Gasteiger partial charge in [-0.2, -0.15) is 0 Å². The maximum absolute atomic E-state index is 12.8. The van der Waals surface area contributed by atoms with Crippen molar-refractivity contribution >= 4 is 34.8 Å². The molecule has 0 bridgehead atoms. The lowest BCUT2D eigenvalue weighted by atomic mass is 9.62. The predicted molar refractivity (Wildman–Crippen MR) is 139 cm³/mol. The number of amides is 1. The first kappa shape index (κ1) is 22.7. The Bertz CT molecular complexity index is 1470. The molecule has 0 saturated heterocycles. The van der Waals surface area contributed by atoms with Gasteiger partial charge in [0.1, 0.15) is 5.76 Å². The summed E-state index contributed by atoms with van der Waals surface area (Å²) in [6, 6.07) is 13.9. The van der Waals surface area contributed by atoms with Gasteiger partial charge in [-0.3, -0.25) is 4.79 Å². The molecule has 176 valence electrons. The van der Waals surface area contributed by atoms with Crippen molar-refractivity contribution in [3.8, 4) is 0 Å². The molecular weight excluding hydrogens is 442 g/mol. The Morgan fingerprint density at radius 1 is 0.971 bits per heavy atom. The van der Waals surface area contributed by atoms with Gasteiger partial charge in [-0.25, -0.2) is 0 Å². The lowest BCUT2D eigenvalue weighted by Crippen LogP contribution is -2.34. The molecule has 0 atom stereocenters. The minimum Gasteiger partial charge on any atom is -0.456 e. The first-order valence-corrected chi connectivity index (χ1v) is 12.2. The second-order valence-electron chi connectivity index (χ2n) is 10.8. The second-order valence-corrected chi connectivity index (χ2v) is 11.2. The topological polar surface area (TPSA) is 73.8 Å². The highest BCUT2D eigenvalue weighted by atomic mass is 32.1. The highest BCUT2D eigenvalue weighted by Gasteiger charge is 2.37. The molecule has 1 aliphatic rings. The molecule has 0 fully saturated rings. The number of H-pyrrole nitrogens is 2. The molecular formula is C28H31N3O2S. The van der Waals surface area contributed by atoms with Gasteiger partial charge in [0.2, 0.25) is 0 Å². The van der Waals surface area contributed by atoms with Crippen molar-refractivity contribution in [2.75, 3.05) is 5.32 Å². The number of nitrogens with one attached hydrogen (secondary N) is 3. The Hall–Kier alpha value is -3.12. The Balaban J connectivity index is 1.37. The molecule has 3 N–H and O–H groups in total. The van der Waals surface area contributed by atoms with Crippen molar-refractivity contribution in [1.29, 1.82) is 0 Å². The third kappa shape index (κ3) is 4.11. The molecule has 0 aliphatic heterocycles. The van der Waals surface area contributed by atoms with E-state index in [0.717, 1.165) is 16.8 Å². The minimum absolute atomic E-state index is 0.158. The van der Waals surface area contributed by atoms with Gasteiger partial charge in [0.25, 0.3) is 5.91 Å². The van der Waals surface area contributed by atoms with E-state index in [1.807, 2.05) is 24.3 Å². The summed E-state index contributed by atoms with van der Waals surface area (Å²) in [4.78, 5) is 18.9. The number of aromatic amines is 2. The van der Waals surface area contributed by atoms with Crippen LogP contribution in [0.3, 0.4) is 0 Å². The SMILES string of the molecule is Cc1cc2c(cc1Cc1ccc(C(=O)Nc3ccc4[nH]c(=S)[nH]c4c3)o1)C(C)(C)CCC2(C)C. The number of carbonyl (C=O) groups excluding carboxylic acids is 1. The zero-order valence-electron chi connectivity index (χ0n) is 20.4. The van der Waals surface area contributed by atoms with Crippen LogP contribution in [0.15, 0.2) is 46.9 Å². The maximum atomic E-state index is 12.8. The molecule has 34 heavy (non-hydrogen) atoms. The number of fused-ring (bicyclic) bond motifs is 2. The molecule has 0 saturated carbocycles. The lowest BCUT2D eigenvalue weighted by molar-refractivity contribution is 0.0995. The van der Waals surface area contributed by atoms with Crippen molar-refractivity contribution in [1.82, 2.24) is 9.97 Å². The van der Waals surface area contributed by atoms with E-state index in [2.05, 4.69) is 62.0 Å². The van der Waals surface area contributed by atoms with Gasteiger partial charge >= 0.3 is 0 Å². The fourth-order valence-corrected chi connectivity index (χ4v) is 5.26. The maximum Gasteiger partial charge on any atom is 0.291 e. The van der Waals surface area contributed by atoms with E-state index >= 15 is 0 Å². The summed E-state index contributed by atoms with van der Waals surface area (Å²) in [7, 11) is 0. The monoisotopic (exact) mass is 473 g/mol. The highest BCUT2D eigenvalue weighted by Crippen LogP contribution is 2.46. The fraction of sp³-hybridized carbons (Fsp3) is 0.357. The summed E-state index contributed by atoms with van der Waals surface area (Å²) in [5.41, 5.74) is 8.19. The zero-order chi connectivity index (χ0) is 24.3. The van der Waals surface area contributed by atoms with Crippen LogP contribution in [0, 0.1) is 11.7 Å². The Kier molecular flexibility index (Phi) is 5.32. The summed E-state index contributed by atoms with van der Waals surface area (Å²) in [6.45, 7) is 11.5. The van der Waals surface area contributed by atoms with E-state index in [-0.39, 0.29) is 16.7 Å².